The molecule has 6 nitrogen and oxygen atoms in total. The summed E-state index contributed by atoms with van der Waals surface area (Å²) in [5, 5.41) is 9.98. The van der Waals surface area contributed by atoms with Crippen molar-refractivity contribution in [3.63, 3.8) is 0 Å². The van der Waals surface area contributed by atoms with Crippen LogP contribution in [-0.4, -0.2) is 45.8 Å². The summed E-state index contributed by atoms with van der Waals surface area (Å²) in [6.07, 6.45) is 1.08. The van der Waals surface area contributed by atoms with Crippen molar-refractivity contribution >= 4 is 23.8 Å². The van der Waals surface area contributed by atoms with Gasteiger partial charge in [0.1, 0.15) is 5.60 Å². The van der Waals surface area contributed by atoms with Gasteiger partial charge in [0.2, 0.25) is 0 Å². The Kier molecular flexibility index (Phi) is 5.06. The monoisotopic (exact) mass is 380 g/mol. The third kappa shape index (κ3) is 3.90. The Morgan fingerprint density at radius 2 is 2.00 bits per heavy atom. The summed E-state index contributed by atoms with van der Waals surface area (Å²) in [7, 11) is 0. The molecule has 0 bridgehead atoms. The number of likely N-dealkylation sites (tertiary alicyclic amines) is 1. The smallest absolute Gasteiger partial charge is 0.410 e. The van der Waals surface area contributed by atoms with Crippen LogP contribution in [0.15, 0.2) is 12.1 Å². The fraction of sp³-hybridized carbons (Fsp3) is 0.579. The van der Waals surface area contributed by atoms with Gasteiger partial charge in [0.05, 0.1) is 6.04 Å². The van der Waals surface area contributed by atoms with E-state index in [1.807, 2.05) is 32.9 Å². The Morgan fingerprint density at radius 1 is 1.27 bits per heavy atom. The SMILES string of the molecule is CC(C)(C)OC(=O)N1CCCC1c1cc(Cl)cc2c1CN(C(=O)O)CC2. The quantitative estimate of drug-likeness (QED) is 0.781. The standard InChI is InChI=1S/C19H25ClN2O4/c1-19(2,3)26-18(25)22-7-4-5-16(22)14-10-13(20)9-12-6-8-21(17(23)24)11-15(12)14/h9-10,16H,4-8,11H2,1-3H3,(H,23,24). The van der Waals surface area contributed by atoms with E-state index in [4.69, 9.17) is 16.3 Å². The van der Waals surface area contributed by atoms with Gasteiger partial charge in [-0.25, -0.2) is 9.59 Å². The molecule has 2 heterocycles. The van der Waals surface area contributed by atoms with Crippen molar-refractivity contribution < 1.29 is 19.4 Å². The van der Waals surface area contributed by atoms with Gasteiger partial charge in [-0.2, -0.15) is 0 Å². The zero-order chi connectivity index (χ0) is 19.1. The van der Waals surface area contributed by atoms with Crippen LogP contribution in [0.5, 0.6) is 0 Å². The molecule has 1 fully saturated rings. The lowest BCUT2D eigenvalue weighted by atomic mass is 9.90. The number of fused-ring (bicyclic) bond motifs is 1. The van der Waals surface area contributed by atoms with E-state index < -0.39 is 11.7 Å². The third-order valence-electron chi connectivity index (χ3n) is 4.85. The number of halogens is 1. The molecule has 1 aromatic rings. The number of carbonyl (C=O) groups is 2. The number of carboxylic acid groups (broad SMARTS) is 1. The van der Waals surface area contributed by atoms with E-state index >= 15 is 0 Å². The molecular formula is C19H25ClN2O4. The van der Waals surface area contributed by atoms with Crippen molar-refractivity contribution in [3.05, 3.63) is 33.8 Å². The van der Waals surface area contributed by atoms with Crippen LogP contribution in [0, 0.1) is 0 Å². The molecule has 1 atom stereocenters. The molecule has 7 heteroatoms. The Labute approximate surface area is 158 Å². The molecular weight excluding hydrogens is 356 g/mol. The molecule has 1 unspecified atom stereocenters. The van der Waals surface area contributed by atoms with Crippen molar-refractivity contribution in [1.82, 2.24) is 9.80 Å². The van der Waals surface area contributed by atoms with Crippen LogP contribution in [0.25, 0.3) is 0 Å². The number of carbonyl (C=O) groups excluding carboxylic acids is 1. The van der Waals surface area contributed by atoms with Crippen LogP contribution in [0.3, 0.4) is 0 Å². The summed E-state index contributed by atoms with van der Waals surface area (Å²) in [5.41, 5.74) is 2.43. The van der Waals surface area contributed by atoms with Crippen molar-refractivity contribution in [2.45, 2.75) is 58.2 Å². The van der Waals surface area contributed by atoms with Gasteiger partial charge in [0.15, 0.2) is 0 Å². The lowest BCUT2D eigenvalue weighted by Crippen LogP contribution is -2.38. The third-order valence-corrected chi connectivity index (χ3v) is 5.07. The molecule has 1 saturated heterocycles. The molecule has 1 N–H and O–H groups in total. The second kappa shape index (κ2) is 6.99. The van der Waals surface area contributed by atoms with Gasteiger partial charge in [0.25, 0.3) is 0 Å². The molecule has 2 aliphatic rings. The van der Waals surface area contributed by atoms with Gasteiger partial charge < -0.3 is 19.6 Å². The number of hydrogen-bond donors (Lipinski definition) is 1. The second-order valence-electron chi connectivity index (χ2n) is 7.92. The first-order chi connectivity index (χ1) is 12.2. The highest BCUT2D eigenvalue weighted by molar-refractivity contribution is 6.30. The minimum absolute atomic E-state index is 0.133. The summed E-state index contributed by atoms with van der Waals surface area (Å²) in [6, 6.07) is 3.65. The summed E-state index contributed by atoms with van der Waals surface area (Å²) < 4.78 is 5.56. The maximum absolute atomic E-state index is 12.6. The number of hydrogen-bond acceptors (Lipinski definition) is 3. The van der Waals surface area contributed by atoms with E-state index in [0.717, 1.165) is 29.5 Å². The highest BCUT2D eigenvalue weighted by atomic mass is 35.5. The van der Waals surface area contributed by atoms with Crippen molar-refractivity contribution in [2.75, 3.05) is 13.1 Å². The Balaban J connectivity index is 1.94. The molecule has 142 valence electrons. The van der Waals surface area contributed by atoms with Crippen LogP contribution in [0.4, 0.5) is 9.59 Å². The molecule has 0 aromatic heterocycles. The molecule has 1 aromatic carbocycles. The van der Waals surface area contributed by atoms with Gasteiger partial charge in [-0.3, -0.25) is 0 Å². The van der Waals surface area contributed by atoms with E-state index in [2.05, 4.69) is 0 Å². The molecule has 2 amide bonds. The van der Waals surface area contributed by atoms with Crippen molar-refractivity contribution in [2.24, 2.45) is 0 Å². The zero-order valence-electron chi connectivity index (χ0n) is 15.4. The summed E-state index contributed by atoms with van der Waals surface area (Å²) in [4.78, 5) is 27.2. The van der Waals surface area contributed by atoms with E-state index in [9.17, 15) is 14.7 Å². The first-order valence-corrected chi connectivity index (χ1v) is 9.32. The maximum atomic E-state index is 12.6. The van der Waals surface area contributed by atoms with Gasteiger partial charge >= 0.3 is 12.2 Å². The summed E-state index contributed by atoms with van der Waals surface area (Å²) in [5.74, 6) is 0. The normalized spacial score (nSPS) is 20.1. The molecule has 0 aliphatic carbocycles. The minimum atomic E-state index is -0.924. The molecule has 0 radical (unpaired) electrons. The van der Waals surface area contributed by atoms with Crippen molar-refractivity contribution in [3.8, 4) is 0 Å². The number of amides is 2. The largest absolute Gasteiger partial charge is 0.465 e. The van der Waals surface area contributed by atoms with Crippen LogP contribution in [-0.2, 0) is 17.7 Å². The van der Waals surface area contributed by atoms with Gasteiger partial charge in [-0.1, -0.05) is 11.6 Å². The van der Waals surface area contributed by atoms with E-state index in [0.29, 0.717) is 31.1 Å². The molecule has 26 heavy (non-hydrogen) atoms. The minimum Gasteiger partial charge on any atom is -0.465 e. The van der Waals surface area contributed by atoms with Gasteiger partial charge in [-0.05, 0) is 68.9 Å². The average Bonchev–Trinajstić information content (AvgIpc) is 3.01. The van der Waals surface area contributed by atoms with Crippen molar-refractivity contribution in [1.29, 1.82) is 0 Å². The fourth-order valence-corrected chi connectivity index (χ4v) is 4.00. The topological polar surface area (TPSA) is 70.1 Å². The predicted octanol–water partition coefficient (Wildman–Crippen LogP) is 4.45. The van der Waals surface area contributed by atoms with Crippen LogP contribution in [0.1, 0.15) is 56.3 Å². The Hall–Kier alpha value is -1.95. The lowest BCUT2D eigenvalue weighted by Gasteiger charge is -2.33. The summed E-state index contributed by atoms with van der Waals surface area (Å²) in [6.45, 7) is 6.97. The van der Waals surface area contributed by atoms with E-state index in [-0.39, 0.29) is 12.1 Å². The van der Waals surface area contributed by atoms with E-state index in [1.165, 1.54) is 4.90 Å². The Morgan fingerprint density at radius 3 is 2.65 bits per heavy atom. The number of nitrogens with zero attached hydrogens (tertiary/aromatic N) is 2. The predicted molar refractivity (Wildman–Crippen MR) is 98.5 cm³/mol. The second-order valence-corrected chi connectivity index (χ2v) is 8.36. The van der Waals surface area contributed by atoms with Gasteiger partial charge in [0, 0.05) is 24.7 Å². The first-order valence-electron chi connectivity index (χ1n) is 8.94. The highest BCUT2D eigenvalue weighted by Crippen LogP contribution is 2.39. The summed E-state index contributed by atoms with van der Waals surface area (Å²) >= 11 is 6.33. The molecule has 0 spiro atoms. The molecule has 2 aliphatic heterocycles. The number of benzene rings is 1. The lowest BCUT2D eigenvalue weighted by molar-refractivity contribution is 0.0223. The van der Waals surface area contributed by atoms with E-state index in [1.54, 1.807) is 4.90 Å². The van der Waals surface area contributed by atoms with Crippen LogP contribution in [0.2, 0.25) is 5.02 Å². The highest BCUT2D eigenvalue weighted by Gasteiger charge is 2.36. The Bertz CT molecular complexity index is 729. The number of rotatable bonds is 1. The molecule has 3 rings (SSSR count). The maximum Gasteiger partial charge on any atom is 0.410 e. The number of ether oxygens (including phenoxy) is 1. The van der Waals surface area contributed by atoms with Crippen LogP contribution < -0.4 is 0 Å². The fourth-order valence-electron chi connectivity index (χ4n) is 3.75. The molecule has 0 saturated carbocycles. The average molecular weight is 381 g/mol. The van der Waals surface area contributed by atoms with Gasteiger partial charge in [-0.15, -0.1) is 0 Å². The van der Waals surface area contributed by atoms with Crippen LogP contribution >= 0.6 is 11.6 Å². The zero-order valence-corrected chi connectivity index (χ0v) is 16.2. The first kappa shape index (κ1) is 18.8.